The Morgan fingerprint density at radius 1 is 1.33 bits per heavy atom. The molecule has 1 aromatic rings. The largest absolute Gasteiger partial charge is 0.307 e. The minimum absolute atomic E-state index is 0.444. The summed E-state index contributed by atoms with van der Waals surface area (Å²) in [5, 5.41) is 3.84. The molecule has 0 aliphatic carbocycles. The molecule has 1 N–H and O–H groups in total. The molecule has 0 radical (unpaired) electrons. The van der Waals surface area contributed by atoms with E-state index < -0.39 is 0 Å². The molecule has 4 atom stereocenters. The monoisotopic (exact) mass is 308 g/mol. The van der Waals surface area contributed by atoms with Gasteiger partial charge in [-0.05, 0) is 56.5 Å². The fourth-order valence-electron chi connectivity index (χ4n) is 3.36. The lowest BCUT2D eigenvalue weighted by Gasteiger charge is -2.33. The fourth-order valence-corrected chi connectivity index (χ4v) is 3.78. The van der Waals surface area contributed by atoms with Crippen molar-refractivity contribution < 1.29 is 0 Å². The number of halogens is 1. The molecule has 0 aromatic heterocycles. The van der Waals surface area contributed by atoms with Crippen LogP contribution in [0.25, 0.3) is 0 Å². The van der Waals surface area contributed by atoms with Gasteiger partial charge in [0, 0.05) is 23.1 Å². The standard InChI is InChI=1S/C15H21BrN2/c1-11(12-3-2-4-14(16)9-12)17-15-6-8-18-7-5-13(15)10-18/h2-4,9,11,13,15,17H,5-8,10H2,1H3/t11-,13?,15?/m0/s1. The number of nitrogens with one attached hydrogen (secondary N) is 1. The smallest absolute Gasteiger partial charge is 0.0294 e. The Kier molecular flexibility index (Phi) is 3.73. The summed E-state index contributed by atoms with van der Waals surface area (Å²) in [6, 6.07) is 9.80. The third-order valence-electron chi connectivity index (χ3n) is 4.45. The van der Waals surface area contributed by atoms with Crippen molar-refractivity contribution in [2.45, 2.75) is 31.8 Å². The number of rotatable bonds is 3. The molecule has 98 valence electrons. The van der Waals surface area contributed by atoms with Crippen LogP contribution in [0.2, 0.25) is 0 Å². The van der Waals surface area contributed by atoms with Gasteiger partial charge in [0.2, 0.25) is 0 Å². The summed E-state index contributed by atoms with van der Waals surface area (Å²) in [6.07, 6.45) is 2.69. The molecule has 3 unspecified atom stereocenters. The predicted molar refractivity (Wildman–Crippen MR) is 78.6 cm³/mol. The number of piperidine rings is 1. The van der Waals surface area contributed by atoms with Crippen LogP contribution in [0.1, 0.15) is 31.4 Å². The second-order valence-corrected chi connectivity index (χ2v) is 6.60. The summed E-state index contributed by atoms with van der Waals surface area (Å²) in [4.78, 5) is 2.60. The van der Waals surface area contributed by atoms with Crippen molar-refractivity contribution in [3.05, 3.63) is 34.3 Å². The van der Waals surface area contributed by atoms with E-state index in [-0.39, 0.29) is 0 Å². The van der Waals surface area contributed by atoms with Crippen molar-refractivity contribution in [3.63, 3.8) is 0 Å². The van der Waals surface area contributed by atoms with Crippen molar-refractivity contribution in [3.8, 4) is 0 Å². The molecule has 1 aromatic carbocycles. The molecule has 2 saturated heterocycles. The Morgan fingerprint density at radius 2 is 2.17 bits per heavy atom. The molecular weight excluding hydrogens is 288 g/mol. The molecule has 2 bridgehead atoms. The predicted octanol–water partition coefficient (Wildman–Crippen LogP) is 3.19. The zero-order valence-corrected chi connectivity index (χ0v) is 12.5. The number of benzene rings is 1. The first kappa shape index (κ1) is 12.6. The van der Waals surface area contributed by atoms with Crippen LogP contribution in [0, 0.1) is 5.92 Å². The lowest BCUT2D eigenvalue weighted by Crippen LogP contribution is -2.44. The Labute approximate surface area is 118 Å². The Balaban J connectivity index is 1.65. The lowest BCUT2D eigenvalue weighted by molar-refractivity contribution is 0.212. The first-order valence-electron chi connectivity index (χ1n) is 6.96. The number of hydrogen-bond donors (Lipinski definition) is 1. The van der Waals surface area contributed by atoms with E-state index in [1.54, 1.807) is 0 Å². The number of fused-ring (bicyclic) bond motifs is 2. The molecule has 3 rings (SSSR count). The molecule has 0 spiro atoms. The van der Waals surface area contributed by atoms with Crippen molar-refractivity contribution >= 4 is 15.9 Å². The molecule has 3 heteroatoms. The third kappa shape index (κ3) is 2.63. The molecule has 0 saturated carbocycles. The lowest BCUT2D eigenvalue weighted by atomic mass is 9.93. The van der Waals surface area contributed by atoms with Crippen LogP contribution in [0.15, 0.2) is 28.7 Å². The summed E-state index contributed by atoms with van der Waals surface area (Å²) in [5.74, 6) is 0.869. The topological polar surface area (TPSA) is 15.3 Å². The van der Waals surface area contributed by atoms with E-state index in [0.29, 0.717) is 12.1 Å². The van der Waals surface area contributed by atoms with E-state index in [9.17, 15) is 0 Å². The Hall–Kier alpha value is -0.380. The highest BCUT2D eigenvalue weighted by Crippen LogP contribution is 2.29. The van der Waals surface area contributed by atoms with E-state index in [4.69, 9.17) is 0 Å². The van der Waals surface area contributed by atoms with Gasteiger partial charge in [-0.15, -0.1) is 0 Å². The van der Waals surface area contributed by atoms with Crippen LogP contribution in [0.3, 0.4) is 0 Å². The maximum atomic E-state index is 3.84. The first-order valence-corrected chi connectivity index (χ1v) is 7.75. The van der Waals surface area contributed by atoms with Crippen LogP contribution < -0.4 is 5.32 Å². The second kappa shape index (κ2) is 5.32. The Bertz CT molecular complexity index is 421. The highest BCUT2D eigenvalue weighted by atomic mass is 79.9. The molecule has 2 nitrogen and oxygen atoms in total. The van der Waals surface area contributed by atoms with Gasteiger partial charge in [0.05, 0.1) is 0 Å². The van der Waals surface area contributed by atoms with E-state index in [1.807, 2.05) is 0 Å². The SMILES string of the molecule is C[C@H](NC1CCN2CCC1C2)c1cccc(Br)c1. The summed E-state index contributed by atoms with van der Waals surface area (Å²) < 4.78 is 1.17. The minimum atomic E-state index is 0.444. The van der Waals surface area contributed by atoms with E-state index in [2.05, 4.69) is 57.3 Å². The van der Waals surface area contributed by atoms with Crippen LogP contribution in [-0.2, 0) is 0 Å². The van der Waals surface area contributed by atoms with Crippen molar-refractivity contribution in [1.82, 2.24) is 10.2 Å². The first-order chi connectivity index (χ1) is 8.72. The van der Waals surface area contributed by atoms with Gasteiger partial charge in [0.15, 0.2) is 0 Å². The van der Waals surface area contributed by atoms with Gasteiger partial charge in [0.1, 0.15) is 0 Å². The van der Waals surface area contributed by atoms with Crippen molar-refractivity contribution in [1.29, 1.82) is 0 Å². The maximum Gasteiger partial charge on any atom is 0.0294 e. The summed E-state index contributed by atoms with van der Waals surface area (Å²) in [5.41, 5.74) is 1.38. The van der Waals surface area contributed by atoms with E-state index >= 15 is 0 Å². The number of hydrogen-bond acceptors (Lipinski definition) is 2. The molecular formula is C15H21BrN2. The van der Waals surface area contributed by atoms with Crippen LogP contribution in [-0.4, -0.2) is 30.6 Å². The summed E-state index contributed by atoms with van der Waals surface area (Å²) >= 11 is 3.55. The van der Waals surface area contributed by atoms with Gasteiger partial charge < -0.3 is 10.2 Å². The van der Waals surface area contributed by atoms with Crippen molar-refractivity contribution in [2.75, 3.05) is 19.6 Å². The minimum Gasteiger partial charge on any atom is -0.307 e. The van der Waals surface area contributed by atoms with Crippen molar-refractivity contribution in [2.24, 2.45) is 5.92 Å². The fraction of sp³-hybridized carbons (Fsp3) is 0.600. The van der Waals surface area contributed by atoms with Crippen LogP contribution >= 0.6 is 15.9 Å². The Morgan fingerprint density at radius 3 is 3.00 bits per heavy atom. The van der Waals surface area contributed by atoms with E-state index in [0.717, 1.165) is 5.92 Å². The van der Waals surface area contributed by atoms with Gasteiger partial charge in [-0.25, -0.2) is 0 Å². The van der Waals surface area contributed by atoms with Gasteiger partial charge in [-0.1, -0.05) is 28.1 Å². The zero-order chi connectivity index (χ0) is 12.5. The summed E-state index contributed by atoms with van der Waals surface area (Å²) in [7, 11) is 0. The third-order valence-corrected chi connectivity index (χ3v) is 4.94. The van der Waals surface area contributed by atoms with Gasteiger partial charge in [-0.3, -0.25) is 0 Å². The van der Waals surface area contributed by atoms with Gasteiger partial charge in [0.25, 0.3) is 0 Å². The molecule has 0 amide bonds. The van der Waals surface area contributed by atoms with E-state index in [1.165, 1.54) is 42.5 Å². The second-order valence-electron chi connectivity index (χ2n) is 5.69. The highest BCUT2D eigenvalue weighted by Gasteiger charge is 2.34. The maximum absolute atomic E-state index is 3.84. The average molecular weight is 309 g/mol. The quantitative estimate of drug-likeness (QED) is 0.922. The van der Waals surface area contributed by atoms with Crippen LogP contribution in [0.5, 0.6) is 0 Å². The number of nitrogens with zero attached hydrogens (tertiary/aromatic N) is 1. The van der Waals surface area contributed by atoms with Gasteiger partial charge in [-0.2, -0.15) is 0 Å². The molecule has 2 aliphatic rings. The normalized spacial score (nSPS) is 32.4. The van der Waals surface area contributed by atoms with Crippen LogP contribution in [0.4, 0.5) is 0 Å². The molecule has 2 fully saturated rings. The molecule has 18 heavy (non-hydrogen) atoms. The average Bonchev–Trinajstić information content (AvgIpc) is 2.76. The van der Waals surface area contributed by atoms with Gasteiger partial charge >= 0.3 is 0 Å². The molecule has 2 aliphatic heterocycles. The zero-order valence-electron chi connectivity index (χ0n) is 10.9. The highest BCUT2D eigenvalue weighted by molar-refractivity contribution is 9.10. The molecule has 2 heterocycles. The summed E-state index contributed by atoms with van der Waals surface area (Å²) in [6.45, 7) is 6.18.